The molecule has 0 saturated carbocycles. The maximum Gasteiger partial charge on any atom is 0.238 e. The Morgan fingerprint density at radius 1 is 1.25 bits per heavy atom. The lowest BCUT2D eigenvalue weighted by atomic mass is 10.2. The molecule has 1 aromatic rings. The van der Waals surface area contributed by atoms with Crippen LogP contribution >= 0.6 is 0 Å². The van der Waals surface area contributed by atoms with E-state index in [2.05, 4.69) is 16.0 Å². The van der Waals surface area contributed by atoms with E-state index in [-0.39, 0.29) is 24.4 Å². The fraction of sp³-hybridized carbons (Fsp3) is 0.429. The van der Waals surface area contributed by atoms with Gasteiger partial charge in [0.25, 0.3) is 0 Å². The largest absolute Gasteiger partial charge is 0.494 e. The van der Waals surface area contributed by atoms with Crippen molar-refractivity contribution in [2.45, 2.75) is 26.8 Å². The van der Waals surface area contributed by atoms with Crippen molar-refractivity contribution < 1.29 is 14.3 Å². The molecule has 0 unspecified atom stereocenters. The maximum absolute atomic E-state index is 11.7. The van der Waals surface area contributed by atoms with Crippen LogP contribution in [0, 0.1) is 0 Å². The highest BCUT2D eigenvalue weighted by Gasteiger charge is 2.08. The van der Waals surface area contributed by atoms with Crippen LogP contribution in [0.4, 0.5) is 11.4 Å². The summed E-state index contributed by atoms with van der Waals surface area (Å²) in [5, 5.41) is 8.45. The molecular formula is C14H21N3O3. The normalized spacial score (nSPS) is 10.2. The Hall–Kier alpha value is -2.08. The molecule has 1 rings (SSSR count). The standard InChI is InChI=1S/C14H21N3O3/c1-9(2)15-8-14(19)17-11-5-6-12(16-10(3)18)13(7-11)20-4/h5-7,9,15H,8H2,1-4H3,(H,16,18)(H,17,19). The Balaban J connectivity index is 2.72. The number of rotatable bonds is 6. The van der Waals surface area contributed by atoms with Gasteiger partial charge in [0.1, 0.15) is 5.75 Å². The van der Waals surface area contributed by atoms with E-state index in [1.165, 1.54) is 14.0 Å². The molecule has 0 saturated heterocycles. The molecule has 110 valence electrons. The number of benzene rings is 1. The summed E-state index contributed by atoms with van der Waals surface area (Å²) in [6.07, 6.45) is 0. The van der Waals surface area contributed by atoms with Crippen LogP contribution in [0.25, 0.3) is 0 Å². The summed E-state index contributed by atoms with van der Waals surface area (Å²) in [5.41, 5.74) is 1.19. The molecule has 2 amide bonds. The molecule has 0 aliphatic carbocycles. The lowest BCUT2D eigenvalue weighted by Crippen LogP contribution is -2.32. The van der Waals surface area contributed by atoms with E-state index in [0.717, 1.165) is 0 Å². The molecule has 6 nitrogen and oxygen atoms in total. The van der Waals surface area contributed by atoms with Gasteiger partial charge in [0.2, 0.25) is 11.8 Å². The number of methoxy groups -OCH3 is 1. The molecule has 6 heteroatoms. The summed E-state index contributed by atoms with van der Waals surface area (Å²) in [4.78, 5) is 22.7. The summed E-state index contributed by atoms with van der Waals surface area (Å²) in [5.74, 6) is 0.184. The summed E-state index contributed by atoms with van der Waals surface area (Å²) >= 11 is 0. The fourth-order valence-electron chi connectivity index (χ4n) is 1.56. The second kappa shape index (κ2) is 7.49. The molecule has 0 heterocycles. The minimum absolute atomic E-state index is 0.131. The minimum Gasteiger partial charge on any atom is -0.494 e. The molecule has 0 spiro atoms. The Labute approximate surface area is 118 Å². The highest BCUT2D eigenvalue weighted by atomic mass is 16.5. The third kappa shape index (κ3) is 5.27. The average Bonchev–Trinajstić information content (AvgIpc) is 2.37. The minimum atomic E-state index is -0.179. The predicted octanol–water partition coefficient (Wildman–Crippen LogP) is 1.59. The molecule has 20 heavy (non-hydrogen) atoms. The first-order valence-corrected chi connectivity index (χ1v) is 6.41. The second-order valence-corrected chi connectivity index (χ2v) is 4.68. The first kappa shape index (κ1) is 16.0. The number of carbonyl (C=O) groups is 2. The predicted molar refractivity (Wildman–Crippen MR) is 79.1 cm³/mol. The number of ether oxygens (including phenoxy) is 1. The van der Waals surface area contributed by atoms with E-state index in [4.69, 9.17) is 4.74 Å². The Morgan fingerprint density at radius 3 is 2.50 bits per heavy atom. The molecule has 0 bridgehead atoms. The van der Waals surface area contributed by atoms with Crippen LogP contribution < -0.4 is 20.7 Å². The zero-order valence-electron chi connectivity index (χ0n) is 12.2. The zero-order chi connectivity index (χ0) is 15.1. The molecule has 1 aromatic carbocycles. The van der Waals surface area contributed by atoms with Crippen molar-refractivity contribution in [2.24, 2.45) is 0 Å². The van der Waals surface area contributed by atoms with E-state index in [9.17, 15) is 9.59 Å². The van der Waals surface area contributed by atoms with Crippen LogP contribution in [0.5, 0.6) is 5.75 Å². The lowest BCUT2D eigenvalue weighted by Gasteiger charge is -2.12. The van der Waals surface area contributed by atoms with Gasteiger partial charge in [-0.15, -0.1) is 0 Å². The Morgan fingerprint density at radius 2 is 1.95 bits per heavy atom. The van der Waals surface area contributed by atoms with Gasteiger partial charge in [-0.1, -0.05) is 13.8 Å². The van der Waals surface area contributed by atoms with Crippen molar-refractivity contribution in [3.8, 4) is 5.75 Å². The SMILES string of the molecule is COc1cc(NC(=O)CNC(C)C)ccc1NC(C)=O. The molecule has 0 atom stereocenters. The van der Waals surface area contributed by atoms with E-state index in [1.807, 2.05) is 13.8 Å². The van der Waals surface area contributed by atoms with Crippen LogP contribution in [-0.2, 0) is 9.59 Å². The molecular weight excluding hydrogens is 258 g/mol. The number of hydrogen-bond donors (Lipinski definition) is 3. The van der Waals surface area contributed by atoms with E-state index in [1.54, 1.807) is 18.2 Å². The summed E-state index contributed by atoms with van der Waals surface area (Å²) in [6.45, 7) is 5.61. The fourth-order valence-corrected chi connectivity index (χ4v) is 1.56. The molecule has 3 N–H and O–H groups in total. The number of anilines is 2. The van der Waals surface area contributed by atoms with E-state index in [0.29, 0.717) is 17.1 Å². The third-order valence-corrected chi connectivity index (χ3v) is 2.47. The Kier molecular flexibility index (Phi) is 5.99. The smallest absolute Gasteiger partial charge is 0.238 e. The maximum atomic E-state index is 11.7. The number of hydrogen-bond acceptors (Lipinski definition) is 4. The van der Waals surface area contributed by atoms with Gasteiger partial charge in [-0.05, 0) is 12.1 Å². The second-order valence-electron chi connectivity index (χ2n) is 4.68. The molecule has 0 fully saturated rings. The summed E-state index contributed by atoms with van der Waals surface area (Å²) in [7, 11) is 1.51. The summed E-state index contributed by atoms with van der Waals surface area (Å²) < 4.78 is 5.19. The van der Waals surface area contributed by atoms with E-state index >= 15 is 0 Å². The van der Waals surface area contributed by atoms with Gasteiger partial charge in [0.05, 0.1) is 19.3 Å². The van der Waals surface area contributed by atoms with Crippen molar-refractivity contribution in [2.75, 3.05) is 24.3 Å². The van der Waals surface area contributed by atoms with Gasteiger partial charge < -0.3 is 20.7 Å². The van der Waals surface area contributed by atoms with Crippen molar-refractivity contribution in [3.05, 3.63) is 18.2 Å². The number of nitrogens with one attached hydrogen (secondary N) is 3. The van der Waals surface area contributed by atoms with Gasteiger partial charge in [-0.2, -0.15) is 0 Å². The Bertz CT molecular complexity index is 487. The first-order valence-electron chi connectivity index (χ1n) is 6.41. The van der Waals surface area contributed by atoms with Crippen molar-refractivity contribution in [1.29, 1.82) is 0 Å². The van der Waals surface area contributed by atoms with Crippen LogP contribution in [0.3, 0.4) is 0 Å². The van der Waals surface area contributed by atoms with Crippen LogP contribution in [0.2, 0.25) is 0 Å². The number of amides is 2. The topological polar surface area (TPSA) is 79.5 Å². The first-order chi connectivity index (χ1) is 9.42. The van der Waals surface area contributed by atoms with Gasteiger partial charge >= 0.3 is 0 Å². The quantitative estimate of drug-likeness (QED) is 0.739. The lowest BCUT2D eigenvalue weighted by molar-refractivity contribution is -0.115. The molecule has 0 aliphatic heterocycles. The van der Waals surface area contributed by atoms with Crippen LogP contribution in [0.15, 0.2) is 18.2 Å². The van der Waals surface area contributed by atoms with Gasteiger partial charge in [0, 0.05) is 24.7 Å². The molecule has 0 aliphatic rings. The third-order valence-electron chi connectivity index (χ3n) is 2.47. The molecule has 0 radical (unpaired) electrons. The highest BCUT2D eigenvalue weighted by Crippen LogP contribution is 2.27. The monoisotopic (exact) mass is 279 g/mol. The van der Waals surface area contributed by atoms with Crippen molar-refractivity contribution >= 4 is 23.2 Å². The number of carbonyl (C=O) groups excluding carboxylic acids is 2. The average molecular weight is 279 g/mol. The van der Waals surface area contributed by atoms with Crippen molar-refractivity contribution in [1.82, 2.24) is 5.32 Å². The van der Waals surface area contributed by atoms with E-state index < -0.39 is 0 Å². The van der Waals surface area contributed by atoms with Gasteiger partial charge in [0.15, 0.2) is 0 Å². The molecule has 0 aromatic heterocycles. The van der Waals surface area contributed by atoms with Crippen molar-refractivity contribution in [3.63, 3.8) is 0 Å². The summed E-state index contributed by atoms with van der Waals surface area (Å²) in [6, 6.07) is 5.31. The van der Waals surface area contributed by atoms with Gasteiger partial charge in [-0.25, -0.2) is 0 Å². The van der Waals surface area contributed by atoms with Crippen LogP contribution in [0.1, 0.15) is 20.8 Å². The zero-order valence-corrected chi connectivity index (χ0v) is 12.2. The highest BCUT2D eigenvalue weighted by molar-refractivity contribution is 5.94. The van der Waals surface area contributed by atoms with Gasteiger partial charge in [-0.3, -0.25) is 9.59 Å². The van der Waals surface area contributed by atoms with Crippen LogP contribution in [-0.4, -0.2) is 31.5 Å².